The molecule has 0 bridgehead atoms. The summed E-state index contributed by atoms with van der Waals surface area (Å²) >= 11 is 0. The summed E-state index contributed by atoms with van der Waals surface area (Å²) in [5, 5.41) is 11.4. The fourth-order valence-electron chi connectivity index (χ4n) is 2.82. The van der Waals surface area contributed by atoms with E-state index in [1.807, 2.05) is 0 Å². The van der Waals surface area contributed by atoms with Gasteiger partial charge < -0.3 is 28.8 Å². The second-order valence-corrected chi connectivity index (χ2v) is 7.76. The maximum absolute atomic E-state index is 11.9. The van der Waals surface area contributed by atoms with E-state index in [4.69, 9.17) is 18.9 Å². The fourth-order valence-corrected chi connectivity index (χ4v) is 2.82. The van der Waals surface area contributed by atoms with Crippen molar-refractivity contribution in [3.8, 4) is 5.75 Å². The van der Waals surface area contributed by atoms with Crippen LogP contribution in [-0.4, -0.2) is 30.6 Å². The molecule has 1 heterocycles. The number of hydrogen-bond donors (Lipinski definition) is 0. The molecule has 0 spiro atoms. The first-order chi connectivity index (χ1) is 13.0. The zero-order valence-corrected chi connectivity index (χ0v) is 21.1. The maximum Gasteiger partial charge on any atom is 1.00 e. The van der Waals surface area contributed by atoms with Gasteiger partial charge in [-0.1, -0.05) is 0 Å². The van der Waals surface area contributed by atoms with E-state index in [9.17, 15) is 14.7 Å². The molecule has 1 aliphatic heterocycles. The van der Waals surface area contributed by atoms with Crippen LogP contribution in [0.25, 0.3) is 6.08 Å². The maximum atomic E-state index is 11.9. The van der Waals surface area contributed by atoms with E-state index < -0.39 is 24.0 Å². The van der Waals surface area contributed by atoms with Gasteiger partial charge in [0.1, 0.15) is 23.1 Å². The van der Waals surface area contributed by atoms with E-state index in [0.717, 1.165) is 12.8 Å². The Morgan fingerprint density at radius 3 is 2.28 bits per heavy atom. The Bertz CT molecular complexity index is 736. The Morgan fingerprint density at radius 2 is 1.79 bits per heavy atom. The van der Waals surface area contributed by atoms with Crippen LogP contribution in [0.1, 0.15) is 56.7 Å². The average Bonchev–Trinajstić information content (AvgIpc) is 2.57. The summed E-state index contributed by atoms with van der Waals surface area (Å²) in [5.41, 5.74) is 1.23. The first-order valence-corrected chi connectivity index (χ1v) is 9.28. The van der Waals surface area contributed by atoms with Gasteiger partial charge in [-0.25, -0.2) is 4.79 Å². The second-order valence-electron chi connectivity index (χ2n) is 7.76. The number of ether oxygens (including phenoxy) is 4. The summed E-state index contributed by atoms with van der Waals surface area (Å²) in [6, 6.07) is 3.39. The summed E-state index contributed by atoms with van der Waals surface area (Å²) in [5.74, 6) is -1.34. The molecule has 0 N–H and O–H groups in total. The number of carbonyl (C=O) groups excluding carboxylic acids is 2. The van der Waals surface area contributed by atoms with E-state index in [1.165, 1.54) is 6.08 Å². The molecule has 2 rings (SSSR count). The Balaban J connectivity index is 0.00000420. The standard InChI is InChI=1S/C21H28O7.K/c1-13-10-15(11-14(2)18(13)27-20(24)28-21(3,4)5)12-16(19(22)23)26-17-8-6-7-9-25-17;/h10-12,17H,6-9H2,1-5H3,(H,22,23);/q;+1/p-1/b16-12-;. The van der Waals surface area contributed by atoms with Crippen molar-refractivity contribution in [1.82, 2.24) is 0 Å². The monoisotopic (exact) mass is 430 g/mol. The van der Waals surface area contributed by atoms with Crippen LogP contribution in [0.3, 0.4) is 0 Å². The molecule has 0 aromatic heterocycles. The van der Waals surface area contributed by atoms with Crippen LogP contribution in [0.2, 0.25) is 0 Å². The third kappa shape index (κ3) is 8.78. The summed E-state index contributed by atoms with van der Waals surface area (Å²) in [6.07, 6.45) is 2.47. The van der Waals surface area contributed by atoms with E-state index in [-0.39, 0.29) is 57.1 Å². The van der Waals surface area contributed by atoms with Crippen LogP contribution < -0.4 is 61.2 Å². The van der Waals surface area contributed by atoms with Gasteiger partial charge in [-0.15, -0.1) is 0 Å². The van der Waals surface area contributed by atoms with Crippen molar-refractivity contribution in [3.63, 3.8) is 0 Å². The van der Waals surface area contributed by atoms with Crippen molar-refractivity contribution in [3.05, 3.63) is 34.6 Å². The Labute approximate surface area is 214 Å². The molecule has 1 aromatic carbocycles. The van der Waals surface area contributed by atoms with Gasteiger partial charge >= 0.3 is 57.5 Å². The fraction of sp³-hybridized carbons (Fsp3) is 0.524. The molecule has 0 aliphatic carbocycles. The molecular formula is C21H27KO7. The van der Waals surface area contributed by atoms with E-state index >= 15 is 0 Å². The number of aliphatic carboxylic acids is 1. The molecule has 1 aliphatic rings. The van der Waals surface area contributed by atoms with Gasteiger partial charge in [-0.05, 0) is 82.4 Å². The third-order valence-electron chi connectivity index (χ3n) is 3.95. The molecule has 29 heavy (non-hydrogen) atoms. The second kappa shape index (κ2) is 11.5. The minimum atomic E-state index is -1.42. The first kappa shape index (κ1) is 26.1. The Morgan fingerprint density at radius 1 is 1.17 bits per heavy atom. The van der Waals surface area contributed by atoms with Crippen molar-refractivity contribution >= 4 is 18.2 Å². The Hall–Kier alpha value is -0.904. The van der Waals surface area contributed by atoms with Gasteiger partial charge in [0, 0.05) is 6.42 Å². The number of hydrogen-bond acceptors (Lipinski definition) is 7. The molecular weight excluding hydrogens is 403 g/mol. The van der Waals surface area contributed by atoms with E-state index in [0.29, 0.717) is 35.5 Å². The number of rotatable bonds is 5. The molecule has 0 radical (unpaired) electrons. The molecule has 8 heteroatoms. The average molecular weight is 431 g/mol. The number of carboxylic acid groups (broad SMARTS) is 1. The smallest absolute Gasteiger partial charge is 0.542 e. The van der Waals surface area contributed by atoms with Crippen LogP contribution in [0.4, 0.5) is 4.79 Å². The third-order valence-corrected chi connectivity index (χ3v) is 3.95. The van der Waals surface area contributed by atoms with Crippen LogP contribution in [-0.2, 0) is 19.0 Å². The quantitative estimate of drug-likeness (QED) is 0.217. The van der Waals surface area contributed by atoms with E-state index in [2.05, 4.69) is 0 Å². The van der Waals surface area contributed by atoms with Crippen molar-refractivity contribution < 1.29 is 85.0 Å². The number of benzene rings is 1. The normalized spacial score (nSPS) is 17.1. The zero-order chi connectivity index (χ0) is 20.9. The Kier molecular flexibility index (Phi) is 10.3. The SMILES string of the molecule is Cc1cc(/C=C(\OC2CCCCO2)C(=O)[O-])cc(C)c1OC(=O)OC(C)(C)C.[K+]. The predicted octanol–water partition coefficient (Wildman–Crippen LogP) is 0.255. The van der Waals surface area contributed by atoms with Crippen LogP contribution >= 0.6 is 0 Å². The topological polar surface area (TPSA) is 94.1 Å². The zero-order valence-electron chi connectivity index (χ0n) is 18.0. The van der Waals surface area contributed by atoms with Gasteiger partial charge in [0.05, 0.1) is 6.61 Å². The number of carbonyl (C=O) groups is 2. The van der Waals surface area contributed by atoms with Gasteiger partial charge in [0.15, 0.2) is 6.29 Å². The molecule has 0 amide bonds. The van der Waals surface area contributed by atoms with Crippen molar-refractivity contribution in [2.45, 2.75) is 65.8 Å². The summed E-state index contributed by atoms with van der Waals surface area (Å²) in [4.78, 5) is 23.4. The van der Waals surface area contributed by atoms with Crippen LogP contribution in [0, 0.1) is 13.8 Å². The first-order valence-electron chi connectivity index (χ1n) is 9.28. The summed E-state index contributed by atoms with van der Waals surface area (Å²) < 4.78 is 21.4. The van der Waals surface area contributed by atoms with Gasteiger partial charge in [-0.2, -0.15) is 0 Å². The molecule has 1 saturated heterocycles. The van der Waals surface area contributed by atoms with Crippen molar-refractivity contribution in [2.75, 3.05) is 6.61 Å². The predicted molar refractivity (Wildman–Crippen MR) is 100 cm³/mol. The van der Waals surface area contributed by atoms with Gasteiger partial charge in [0.25, 0.3) is 0 Å². The molecule has 1 unspecified atom stereocenters. The molecule has 0 saturated carbocycles. The molecule has 7 nitrogen and oxygen atoms in total. The van der Waals surface area contributed by atoms with E-state index in [1.54, 1.807) is 46.8 Å². The summed E-state index contributed by atoms with van der Waals surface area (Å²) in [6.45, 7) is 9.31. The van der Waals surface area contributed by atoms with Crippen molar-refractivity contribution in [2.24, 2.45) is 0 Å². The van der Waals surface area contributed by atoms with Gasteiger partial charge in [-0.3, -0.25) is 0 Å². The minimum Gasteiger partial charge on any atom is -0.542 e. The molecule has 1 atom stereocenters. The largest absolute Gasteiger partial charge is 1.00 e. The number of aryl methyl sites for hydroxylation is 2. The van der Waals surface area contributed by atoms with Crippen LogP contribution in [0.5, 0.6) is 5.75 Å². The van der Waals surface area contributed by atoms with Crippen molar-refractivity contribution in [1.29, 1.82) is 0 Å². The molecule has 1 fully saturated rings. The minimum absolute atomic E-state index is 0. The molecule has 154 valence electrons. The molecule has 1 aromatic rings. The van der Waals surface area contributed by atoms with Crippen LogP contribution in [0.15, 0.2) is 17.9 Å². The number of carboxylic acids is 1. The summed E-state index contributed by atoms with van der Waals surface area (Å²) in [7, 11) is 0. The van der Waals surface area contributed by atoms with Gasteiger partial charge in [0.2, 0.25) is 0 Å².